The lowest BCUT2D eigenvalue weighted by atomic mass is 10.1. The summed E-state index contributed by atoms with van der Waals surface area (Å²) in [6, 6.07) is 2.11. The van der Waals surface area contributed by atoms with Crippen molar-refractivity contribution in [3.05, 3.63) is 29.0 Å². The molecular weight excluding hydrogens is 320 g/mol. The summed E-state index contributed by atoms with van der Waals surface area (Å²) >= 11 is 5.85. The van der Waals surface area contributed by atoms with Crippen LogP contribution in [0.15, 0.2) is 18.3 Å². The van der Waals surface area contributed by atoms with Crippen molar-refractivity contribution in [3.8, 4) is 0 Å². The third kappa shape index (κ3) is 3.70. The van der Waals surface area contributed by atoms with Crippen molar-refractivity contribution in [2.75, 3.05) is 18.1 Å². The van der Waals surface area contributed by atoms with Gasteiger partial charge in [-0.25, -0.2) is 13.4 Å². The van der Waals surface area contributed by atoms with E-state index in [0.717, 1.165) is 0 Å². The molecule has 7 nitrogen and oxygen atoms in total. The molecule has 0 bridgehead atoms. The third-order valence-corrected chi connectivity index (χ3v) is 5.19. The van der Waals surface area contributed by atoms with Crippen LogP contribution in [0.25, 0.3) is 0 Å². The number of aliphatic carboxylic acids is 1. The molecule has 0 aromatic carbocycles. The van der Waals surface area contributed by atoms with Crippen molar-refractivity contribution in [2.45, 2.75) is 12.5 Å². The average molecular weight is 333 g/mol. The zero-order chi connectivity index (χ0) is 15.6. The molecule has 1 aliphatic heterocycles. The Balaban J connectivity index is 2.29. The number of nitrogens with zero attached hydrogens (tertiary/aromatic N) is 2. The monoisotopic (exact) mass is 332 g/mol. The number of aromatic nitrogens is 1. The van der Waals surface area contributed by atoms with Gasteiger partial charge in [-0.15, -0.1) is 0 Å². The summed E-state index contributed by atoms with van der Waals surface area (Å²) in [6.45, 7) is -0.0513. The molecule has 2 rings (SSSR count). The van der Waals surface area contributed by atoms with Crippen LogP contribution < -0.4 is 0 Å². The number of carboxylic acid groups (broad SMARTS) is 1. The van der Waals surface area contributed by atoms with E-state index in [1.54, 1.807) is 0 Å². The molecule has 1 aromatic heterocycles. The van der Waals surface area contributed by atoms with Crippen LogP contribution in [0.4, 0.5) is 0 Å². The second-order valence-electron chi connectivity index (χ2n) is 4.71. The molecule has 114 valence electrons. The molecule has 0 saturated carbocycles. The van der Waals surface area contributed by atoms with E-state index >= 15 is 0 Å². The summed E-state index contributed by atoms with van der Waals surface area (Å²) in [7, 11) is -3.34. The van der Waals surface area contributed by atoms with Gasteiger partial charge in [-0.05, 0) is 12.1 Å². The first-order chi connectivity index (χ1) is 9.80. The first-order valence-electron chi connectivity index (χ1n) is 6.14. The van der Waals surface area contributed by atoms with E-state index in [0.29, 0.717) is 0 Å². The Morgan fingerprint density at radius 3 is 2.81 bits per heavy atom. The summed E-state index contributed by atoms with van der Waals surface area (Å²) in [5, 5.41) is 8.89. The number of carbonyl (C=O) groups is 2. The molecule has 1 saturated heterocycles. The predicted octanol–water partition coefficient (Wildman–Crippen LogP) is 0.449. The van der Waals surface area contributed by atoms with Crippen LogP contribution >= 0.6 is 11.6 Å². The Kier molecular flexibility index (Phi) is 4.48. The topological polar surface area (TPSA) is 105 Å². The number of hydrogen-bond donors (Lipinski definition) is 1. The Labute approximate surface area is 126 Å². The van der Waals surface area contributed by atoms with Crippen molar-refractivity contribution in [1.29, 1.82) is 0 Å². The van der Waals surface area contributed by atoms with Crippen LogP contribution in [-0.2, 0) is 14.6 Å². The highest BCUT2D eigenvalue weighted by atomic mass is 35.5. The number of rotatable bonds is 3. The zero-order valence-electron chi connectivity index (χ0n) is 10.9. The minimum absolute atomic E-state index is 0.00463. The maximum atomic E-state index is 12.4. The summed E-state index contributed by atoms with van der Waals surface area (Å²) in [5.74, 6) is -2.21. The van der Waals surface area contributed by atoms with Crippen molar-refractivity contribution in [1.82, 2.24) is 9.88 Å². The maximum Gasteiger partial charge on any atom is 0.305 e. The number of sulfone groups is 1. The SMILES string of the molecule is O=C(O)CC1CS(=O)(=O)CCN1C(=O)c1cccnc1Cl. The maximum absolute atomic E-state index is 12.4. The summed E-state index contributed by atoms with van der Waals surface area (Å²) in [5.41, 5.74) is 0.133. The molecule has 0 spiro atoms. The quantitative estimate of drug-likeness (QED) is 0.806. The van der Waals surface area contributed by atoms with Crippen LogP contribution in [-0.4, -0.2) is 59.4 Å². The van der Waals surface area contributed by atoms with Crippen LogP contribution in [0, 0.1) is 0 Å². The minimum Gasteiger partial charge on any atom is -0.481 e. The Morgan fingerprint density at radius 2 is 2.19 bits per heavy atom. The normalized spacial score (nSPS) is 21.0. The van der Waals surface area contributed by atoms with Crippen molar-refractivity contribution < 1.29 is 23.1 Å². The molecule has 0 aliphatic carbocycles. The second-order valence-corrected chi connectivity index (χ2v) is 7.29. The zero-order valence-corrected chi connectivity index (χ0v) is 12.5. The van der Waals surface area contributed by atoms with Gasteiger partial charge in [-0.2, -0.15) is 0 Å². The molecule has 1 N–H and O–H groups in total. The standard InChI is InChI=1S/C12H13ClN2O5S/c13-11-9(2-1-3-14-11)12(18)15-4-5-21(19,20)7-8(15)6-10(16)17/h1-3,8H,4-7H2,(H,16,17). The Morgan fingerprint density at radius 1 is 1.48 bits per heavy atom. The fourth-order valence-electron chi connectivity index (χ4n) is 2.22. The number of carbonyl (C=O) groups excluding carboxylic acids is 1. The second kappa shape index (κ2) is 5.98. The highest BCUT2D eigenvalue weighted by Crippen LogP contribution is 2.21. The number of halogens is 1. The van der Waals surface area contributed by atoms with Crippen molar-refractivity contribution >= 4 is 33.3 Å². The molecule has 1 aromatic rings. The van der Waals surface area contributed by atoms with E-state index < -0.39 is 34.2 Å². The van der Waals surface area contributed by atoms with Crippen LogP contribution in [0.1, 0.15) is 16.8 Å². The lowest BCUT2D eigenvalue weighted by Crippen LogP contribution is -2.52. The molecular formula is C12H13ClN2O5S. The van der Waals surface area contributed by atoms with Crippen LogP contribution in [0.3, 0.4) is 0 Å². The molecule has 2 heterocycles. The average Bonchev–Trinajstić information content (AvgIpc) is 2.37. The smallest absolute Gasteiger partial charge is 0.305 e. The molecule has 21 heavy (non-hydrogen) atoms. The number of carboxylic acids is 1. The van der Waals surface area contributed by atoms with Gasteiger partial charge in [0.1, 0.15) is 5.15 Å². The Hall–Kier alpha value is -1.67. The lowest BCUT2D eigenvalue weighted by Gasteiger charge is -2.34. The van der Waals surface area contributed by atoms with Gasteiger partial charge in [0, 0.05) is 12.7 Å². The van der Waals surface area contributed by atoms with Gasteiger partial charge >= 0.3 is 5.97 Å². The molecule has 1 atom stereocenters. The van der Waals surface area contributed by atoms with E-state index in [-0.39, 0.29) is 28.8 Å². The minimum atomic E-state index is -3.34. The largest absolute Gasteiger partial charge is 0.481 e. The fourth-order valence-corrected chi connectivity index (χ4v) is 3.95. The van der Waals surface area contributed by atoms with E-state index in [1.807, 2.05) is 0 Å². The van der Waals surface area contributed by atoms with Crippen LogP contribution in [0.5, 0.6) is 0 Å². The highest BCUT2D eigenvalue weighted by Gasteiger charge is 2.36. The predicted molar refractivity (Wildman–Crippen MR) is 75.0 cm³/mol. The van der Waals surface area contributed by atoms with E-state index in [9.17, 15) is 18.0 Å². The third-order valence-electron chi connectivity index (χ3n) is 3.19. The van der Waals surface area contributed by atoms with Gasteiger partial charge in [0.05, 0.1) is 29.5 Å². The van der Waals surface area contributed by atoms with Gasteiger partial charge in [-0.1, -0.05) is 11.6 Å². The van der Waals surface area contributed by atoms with Crippen LogP contribution in [0.2, 0.25) is 5.15 Å². The summed E-state index contributed by atoms with van der Waals surface area (Å²) < 4.78 is 23.3. The van der Waals surface area contributed by atoms with Gasteiger partial charge < -0.3 is 10.0 Å². The molecule has 1 aliphatic rings. The molecule has 1 fully saturated rings. The van der Waals surface area contributed by atoms with Gasteiger partial charge in [-0.3, -0.25) is 9.59 Å². The lowest BCUT2D eigenvalue weighted by molar-refractivity contribution is -0.138. The Bertz CT molecular complexity index is 676. The van der Waals surface area contributed by atoms with Gasteiger partial charge in [0.15, 0.2) is 9.84 Å². The first kappa shape index (κ1) is 15.7. The van der Waals surface area contributed by atoms with E-state index in [2.05, 4.69) is 4.98 Å². The van der Waals surface area contributed by atoms with Crippen molar-refractivity contribution in [2.24, 2.45) is 0 Å². The van der Waals surface area contributed by atoms with E-state index in [1.165, 1.54) is 23.2 Å². The number of pyridine rings is 1. The first-order valence-corrected chi connectivity index (χ1v) is 8.34. The van der Waals surface area contributed by atoms with Gasteiger partial charge in [0.2, 0.25) is 0 Å². The van der Waals surface area contributed by atoms with Gasteiger partial charge in [0.25, 0.3) is 5.91 Å². The summed E-state index contributed by atoms with van der Waals surface area (Å²) in [4.78, 5) is 28.4. The molecule has 1 unspecified atom stereocenters. The van der Waals surface area contributed by atoms with E-state index in [4.69, 9.17) is 16.7 Å². The van der Waals surface area contributed by atoms with Crippen molar-refractivity contribution in [3.63, 3.8) is 0 Å². The summed E-state index contributed by atoms with van der Waals surface area (Å²) in [6.07, 6.45) is 0.997. The highest BCUT2D eigenvalue weighted by molar-refractivity contribution is 7.91. The fraction of sp³-hybridized carbons (Fsp3) is 0.417. The molecule has 1 amide bonds. The number of amides is 1. The molecule has 0 radical (unpaired) electrons. The number of hydrogen-bond acceptors (Lipinski definition) is 5. The molecule has 9 heteroatoms.